The number of fused-ring (bicyclic) bond motifs is 1. The number of benzene rings is 1. The second-order valence-corrected chi connectivity index (χ2v) is 6.48. The van der Waals surface area contributed by atoms with Gasteiger partial charge in [-0.25, -0.2) is 4.68 Å². The highest BCUT2D eigenvalue weighted by atomic mass is 16.5. The molecule has 0 saturated heterocycles. The molecule has 2 heterocycles. The molecule has 2 aromatic rings. The van der Waals surface area contributed by atoms with Crippen LogP contribution in [0.3, 0.4) is 0 Å². The van der Waals surface area contributed by atoms with Gasteiger partial charge in [0.1, 0.15) is 11.6 Å². The zero-order valence-electron chi connectivity index (χ0n) is 14.4. The number of rotatable bonds is 5. The molecular formula is C18H26N4O. The summed E-state index contributed by atoms with van der Waals surface area (Å²) in [6.07, 6.45) is 0. The van der Waals surface area contributed by atoms with Crippen molar-refractivity contribution >= 4 is 5.82 Å². The zero-order chi connectivity index (χ0) is 16.4. The van der Waals surface area contributed by atoms with Crippen molar-refractivity contribution in [2.45, 2.75) is 33.4 Å². The minimum absolute atomic E-state index is 0.255. The van der Waals surface area contributed by atoms with Gasteiger partial charge in [0.25, 0.3) is 0 Å². The van der Waals surface area contributed by atoms with Crippen molar-refractivity contribution in [3.63, 3.8) is 0 Å². The van der Waals surface area contributed by atoms with E-state index < -0.39 is 0 Å². The quantitative estimate of drug-likeness (QED) is 0.891. The fourth-order valence-corrected chi connectivity index (χ4v) is 3.17. The number of hydrogen-bond donors (Lipinski definition) is 2. The Kier molecular flexibility index (Phi) is 4.57. The summed E-state index contributed by atoms with van der Waals surface area (Å²) in [7, 11) is 1.73. The molecule has 23 heavy (non-hydrogen) atoms. The van der Waals surface area contributed by atoms with Crippen molar-refractivity contribution in [1.82, 2.24) is 15.1 Å². The molecule has 2 atom stereocenters. The van der Waals surface area contributed by atoms with Gasteiger partial charge in [-0.05, 0) is 26.8 Å². The van der Waals surface area contributed by atoms with Crippen LogP contribution in [-0.2, 0) is 6.54 Å². The average Bonchev–Trinajstić information content (AvgIpc) is 2.91. The molecule has 1 aromatic carbocycles. The lowest BCUT2D eigenvalue weighted by Gasteiger charge is -2.27. The molecule has 1 aliphatic rings. The van der Waals surface area contributed by atoms with E-state index in [0.717, 1.165) is 36.9 Å². The van der Waals surface area contributed by atoms with Gasteiger partial charge in [-0.1, -0.05) is 17.7 Å². The molecule has 0 amide bonds. The number of nitrogens with one attached hydrogen (secondary N) is 2. The lowest BCUT2D eigenvalue weighted by molar-refractivity contribution is 0.367. The van der Waals surface area contributed by atoms with Crippen molar-refractivity contribution in [3.05, 3.63) is 41.1 Å². The molecule has 0 radical (unpaired) electrons. The predicted octanol–water partition coefficient (Wildman–Crippen LogP) is 2.90. The maximum atomic E-state index is 5.50. The first-order valence-corrected chi connectivity index (χ1v) is 8.23. The van der Waals surface area contributed by atoms with Gasteiger partial charge in [-0.2, -0.15) is 5.10 Å². The minimum Gasteiger partial charge on any atom is -0.496 e. The smallest absolute Gasteiger partial charge is 0.124 e. The Morgan fingerprint density at radius 2 is 2.22 bits per heavy atom. The maximum absolute atomic E-state index is 5.50. The normalized spacial score (nSPS) is 18.2. The molecule has 0 spiro atoms. The fraction of sp³-hybridized carbons (Fsp3) is 0.500. The first-order chi connectivity index (χ1) is 11.1. The maximum Gasteiger partial charge on any atom is 0.124 e. The summed E-state index contributed by atoms with van der Waals surface area (Å²) in [6.45, 7) is 9.23. The van der Waals surface area contributed by atoms with Crippen molar-refractivity contribution < 1.29 is 4.74 Å². The third-order valence-corrected chi connectivity index (χ3v) is 4.47. The third-order valence-electron chi connectivity index (χ3n) is 4.47. The van der Waals surface area contributed by atoms with Crippen LogP contribution in [0.25, 0.3) is 0 Å². The van der Waals surface area contributed by atoms with E-state index in [9.17, 15) is 0 Å². The summed E-state index contributed by atoms with van der Waals surface area (Å²) < 4.78 is 7.57. The number of aryl methyl sites for hydroxylation is 2. The second-order valence-electron chi connectivity index (χ2n) is 6.48. The van der Waals surface area contributed by atoms with Crippen LogP contribution in [0.4, 0.5) is 5.82 Å². The Bertz CT molecular complexity index is 680. The Morgan fingerprint density at radius 1 is 1.39 bits per heavy atom. The molecule has 0 unspecified atom stereocenters. The van der Waals surface area contributed by atoms with E-state index in [4.69, 9.17) is 4.74 Å². The highest BCUT2D eigenvalue weighted by molar-refractivity contribution is 5.39. The van der Waals surface area contributed by atoms with Gasteiger partial charge in [0, 0.05) is 43.2 Å². The van der Waals surface area contributed by atoms with E-state index in [0.29, 0.717) is 5.92 Å². The van der Waals surface area contributed by atoms with Crippen LogP contribution in [0, 0.1) is 19.8 Å². The summed E-state index contributed by atoms with van der Waals surface area (Å²) in [5, 5.41) is 11.6. The monoisotopic (exact) mass is 314 g/mol. The van der Waals surface area contributed by atoms with Crippen molar-refractivity contribution in [2.75, 3.05) is 25.5 Å². The van der Waals surface area contributed by atoms with E-state index in [1.54, 1.807) is 7.11 Å². The van der Waals surface area contributed by atoms with Gasteiger partial charge in [-0.15, -0.1) is 0 Å². The Labute approximate surface area is 138 Å². The SMILES string of the molecule is COc1ccc(C)cc1[C@H](C)NC[C@@H]1CNc2cc(C)nn2C1. The molecule has 0 fully saturated rings. The van der Waals surface area contributed by atoms with Gasteiger partial charge in [0.05, 0.1) is 12.8 Å². The molecule has 2 N–H and O–H groups in total. The van der Waals surface area contributed by atoms with Crippen molar-refractivity contribution in [3.8, 4) is 5.75 Å². The number of methoxy groups -OCH3 is 1. The highest BCUT2D eigenvalue weighted by Gasteiger charge is 2.20. The van der Waals surface area contributed by atoms with Gasteiger partial charge in [0.2, 0.25) is 0 Å². The summed E-state index contributed by atoms with van der Waals surface area (Å²) in [5.74, 6) is 2.61. The predicted molar refractivity (Wildman–Crippen MR) is 93.1 cm³/mol. The van der Waals surface area contributed by atoms with E-state index in [1.165, 1.54) is 11.1 Å². The molecule has 1 aromatic heterocycles. The van der Waals surface area contributed by atoms with Gasteiger partial charge in [0.15, 0.2) is 0 Å². The topological polar surface area (TPSA) is 51.1 Å². The summed E-state index contributed by atoms with van der Waals surface area (Å²) >= 11 is 0. The number of nitrogens with zero attached hydrogens (tertiary/aromatic N) is 2. The lowest BCUT2D eigenvalue weighted by Crippen LogP contribution is -2.36. The fourth-order valence-electron chi connectivity index (χ4n) is 3.17. The molecule has 1 aliphatic heterocycles. The van der Waals surface area contributed by atoms with E-state index in [-0.39, 0.29) is 6.04 Å². The van der Waals surface area contributed by atoms with Crippen LogP contribution in [0.15, 0.2) is 24.3 Å². The molecule has 3 rings (SSSR count). The van der Waals surface area contributed by atoms with Crippen molar-refractivity contribution in [1.29, 1.82) is 0 Å². The summed E-state index contributed by atoms with van der Waals surface area (Å²) in [5.41, 5.74) is 3.54. The first-order valence-electron chi connectivity index (χ1n) is 8.23. The average molecular weight is 314 g/mol. The molecule has 0 aliphatic carbocycles. The number of hydrogen-bond acceptors (Lipinski definition) is 4. The van der Waals surface area contributed by atoms with Crippen LogP contribution in [0.1, 0.15) is 29.8 Å². The number of aromatic nitrogens is 2. The largest absolute Gasteiger partial charge is 0.496 e. The Morgan fingerprint density at radius 3 is 3.00 bits per heavy atom. The number of ether oxygens (including phenoxy) is 1. The second kappa shape index (κ2) is 6.62. The van der Waals surface area contributed by atoms with Crippen LogP contribution in [-0.4, -0.2) is 30.0 Å². The molecule has 0 bridgehead atoms. The van der Waals surface area contributed by atoms with Crippen LogP contribution >= 0.6 is 0 Å². The minimum atomic E-state index is 0.255. The van der Waals surface area contributed by atoms with Gasteiger partial charge in [-0.3, -0.25) is 0 Å². The molecule has 124 valence electrons. The highest BCUT2D eigenvalue weighted by Crippen LogP contribution is 2.26. The third kappa shape index (κ3) is 3.50. The first kappa shape index (κ1) is 15.9. The standard InChI is InChI=1S/C18H26N4O/c1-12-5-6-17(23-4)16(7-12)14(3)19-9-15-10-20-18-8-13(2)21-22(18)11-15/h5-8,14-15,19-20H,9-11H2,1-4H3/t14-,15+/m0/s1. The molecule has 5 nitrogen and oxygen atoms in total. The van der Waals surface area contributed by atoms with Crippen molar-refractivity contribution in [2.24, 2.45) is 5.92 Å². The molecule has 5 heteroatoms. The van der Waals surface area contributed by atoms with Crippen LogP contribution < -0.4 is 15.4 Å². The summed E-state index contributed by atoms with van der Waals surface area (Å²) in [6, 6.07) is 8.69. The van der Waals surface area contributed by atoms with Crippen LogP contribution in [0.2, 0.25) is 0 Å². The van der Waals surface area contributed by atoms with Crippen LogP contribution in [0.5, 0.6) is 5.75 Å². The zero-order valence-corrected chi connectivity index (χ0v) is 14.4. The van der Waals surface area contributed by atoms with E-state index in [2.05, 4.69) is 52.5 Å². The Balaban J connectivity index is 1.61. The summed E-state index contributed by atoms with van der Waals surface area (Å²) in [4.78, 5) is 0. The van der Waals surface area contributed by atoms with Gasteiger partial charge < -0.3 is 15.4 Å². The van der Waals surface area contributed by atoms with E-state index >= 15 is 0 Å². The number of anilines is 1. The lowest BCUT2D eigenvalue weighted by atomic mass is 10.0. The van der Waals surface area contributed by atoms with E-state index in [1.807, 2.05) is 13.0 Å². The van der Waals surface area contributed by atoms with Gasteiger partial charge >= 0.3 is 0 Å². The molecule has 0 saturated carbocycles. The Hall–Kier alpha value is -2.01. The molecular weight excluding hydrogens is 288 g/mol.